The van der Waals surface area contributed by atoms with E-state index in [0.29, 0.717) is 12.2 Å². The van der Waals surface area contributed by atoms with Gasteiger partial charge >= 0.3 is 0 Å². The van der Waals surface area contributed by atoms with E-state index in [4.69, 9.17) is 21.7 Å². The van der Waals surface area contributed by atoms with Crippen LogP contribution in [0.5, 0.6) is 11.5 Å². The Hall–Kier alpha value is -2.46. The van der Waals surface area contributed by atoms with Gasteiger partial charge in [0.25, 0.3) is 5.69 Å². The molecule has 1 aromatic carbocycles. The van der Waals surface area contributed by atoms with Crippen molar-refractivity contribution in [1.82, 2.24) is 10.7 Å². The van der Waals surface area contributed by atoms with Gasteiger partial charge in [0.05, 0.1) is 24.9 Å². The lowest BCUT2D eigenvalue weighted by molar-refractivity contribution is -0.398. The Morgan fingerprint density at radius 1 is 1.52 bits per heavy atom. The van der Waals surface area contributed by atoms with E-state index < -0.39 is 16.4 Å². The highest BCUT2D eigenvalue weighted by Gasteiger charge is 2.12. The molecule has 2 N–H and O–H groups in total. The summed E-state index contributed by atoms with van der Waals surface area (Å²) in [6.07, 6.45) is 1.30. The molecule has 9 nitrogen and oxygen atoms in total. The van der Waals surface area contributed by atoms with Crippen LogP contribution in [-0.4, -0.2) is 43.1 Å². The molecule has 0 aliphatic rings. The number of thiocarbonyl (C=S) groups is 1. The molecule has 0 spiro atoms. The maximum atomic E-state index is 11.7. The molecule has 1 aromatic rings. The van der Waals surface area contributed by atoms with Crippen molar-refractivity contribution in [3.63, 3.8) is 0 Å². The third-order valence-electron chi connectivity index (χ3n) is 2.65. The number of nitrogens with one attached hydrogen (secondary N) is 2. The largest absolute Gasteiger partial charge is 0.865 e. The predicted molar refractivity (Wildman–Crippen MR) is 86.9 cm³/mol. The number of nitro benzene ring substituents is 1. The smallest absolute Gasteiger partial charge is 0.266 e. The summed E-state index contributed by atoms with van der Waals surface area (Å²) in [5.74, 6) is -0.914. The highest BCUT2D eigenvalue weighted by atomic mass is 32.1. The summed E-state index contributed by atoms with van der Waals surface area (Å²) < 4.78 is 9.79. The predicted octanol–water partition coefficient (Wildman–Crippen LogP) is 0.510. The first kappa shape index (κ1) is 18.6. The van der Waals surface area contributed by atoms with E-state index in [2.05, 4.69) is 15.8 Å². The zero-order valence-corrected chi connectivity index (χ0v) is 13.7. The minimum Gasteiger partial charge on any atom is -0.865 e. The summed E-state index contributed by atoms with van der Waals surface area (Å²) in [6.45, 7) is 2.35. The Labute approximate surface area is 138 Å². The Morgan fingerprint density at radius 2 is 2.22 bits per heavy atom. The fraction of sp³-hybridized carbons (Fsp3) is 0.385. The van der Waals surface area contributed by atoms with E-state index in [1.54, 1.807) is 7.11 Å². The monoisotopic (exact) mass is 341 g/mol. The van der Waals surface area contributed by atoms with Crippen molar-refractivity contribution in [2.45, 2.75) is 13.0 Å². The van der Waals surface area contributed by atoms with Gasteiger partial charge in [-0.15, -0.1) is 0 Å². The molecule has 0 saturated carbocycles. The maximum Gasteiger partial charge on any atom is 0.266 e. The van der Waals surface area contributed by atoms with Crippen LogP contribution in [0.2, 0.25) is 0 Å². The third kappa shape index (κ3) is 5.68. The molecule has 0 aliphatic heterocycles. The molecule has 10 heteroatoms. The topological polar surface area (TPSA) is 121 Å². The van der Waals surface area contributed by atoms with Crippen molar-refractivity contribution in [1.29, 1.82) is 0 Å². The lowest BCUT2D eigenvalue weighted by atomic mass is 10.2. The van der Waals surface area contributed by atoms with Gasteiger partial charge in [-0.05, 0) is 25.2 Å². The van der Waals surface area contributed by atoms with Gasteiger partial charge in [-0.3, -0.25) is 15.5 Å². The van der Waals surface area contributed by atoms with E-state index >= 15 is 0 Å². The molecule has 0 aliphatic carbocycles. The zero-order valence-electron chi connectivity index (χ0n) is 12.9. The van der Waals surface area contributed by atoms with Crippen LogP contribution in [0.3, 0.4) is 0 Å². The standard InChI is InChI=1S/C13H18N4O5S/c1-8(7-21-2)15-13(23)16-14-6-9-4-10(17(19)20)12(18)11(5-9)22-3/h4-6,8,18H,7H2,1-3H3,(H2,15,16,23)/p-1/b14-6-/t8-/m1/s1. The van der Waals surface area contributed by atoms with E-state index in [1.165, 1.54) is 19.4 Å². The van der Waals surface area contributed by atoms with E-state index in [-0.39, 0.29) is 16.9 Å². The summed E-state index contributed by atoms with van der Waals surface area (Å²) in [7, 11) is 2.84. The van der Waals surface area contributed by atoms with Crippen LogP contribution in [0.25, 0.3) is 0 Å². The highest BCUT2D eigenvalue weighted by molar-refractivity contribution is 7.80. The van der Waals surface area contributed by atoms with Gasteiger partial charge in [0.15, 0.2) is 5.11 Å². The molecule has 1 rings (SSSR count). The molecule has 1 atom stereocenters. The Bertz CT molecular complexity index is 608. The summed E-state index contributed by atoms with van der Waals surface area (Å²) in [4.78, 5) is 10.1. The first-order valence-corrected chi connectivity index (χ1v) is 6.91. The Balaban J connectivity index is 2.78. The van der Waals surface area contributed by atoms with Gasteiger partial charge < -0.3 is 19.9 Å². The molecule has 126 valence electrons. The average molecular weight is 341 g/mol. The molecule has 0 aromatic heterocycles. The molecule has 0 amide bonds. The minimum atomic E-state index is -0.784. The van der Waals surface area contributed by atoms with E-state index in [1.807, 2.05) is 6.92 Å². The minimum absolute atomic E-state index is 0.00358. The fourth-order valence-corrected chi connectivity index (χ4v) is 1.94. The van der Waals surface area contributed by atoms with Crippen molar-refractivity contribution in [2.75, 3.05) is 20.8 Å². The van der Waals surface area contributed by atoms with E-state index in [9.17, 15) is 15.2 Å². The van der Waals surface area contributed by atoms with Crippen LogP contribution >= 0.6 is 12.2 Å². The van der Waals surface area contributed by atoms with E-state index in [0.717, 1.165) is 6.07 Å². The normalized spacial score (nSPS) is 12.0. The second-order valence-electron chi connectivity index (χ2n) is 4.53. The second-order valence-corrected chi connectivity index (χ2v) is 4.94. The van der Waals surface area contributed by atoms with Gasteiger partial charge in [0, 0.05) is 30.5 Å². The van der Waals surface area contributed by atoms with Gasteiger partial charge in [-0.1, -0.05) is 0 Å². The molecule has 23 heavy (non-hydrogen) atoms. The number of nitro groups is 1. The van der Waals surface area contributed by atoms with Crippen molar-refractivity contribution in [2.24, 2.45) is 5.10 Å². The van der Waals surface area contributed by atoms with Crippen LogP contribution in [0.1, 0.15) is 12.5 Å². The number of ether oxygens (including phenoxy) is 2. The lowest BCUT2D eigenvalue weighted by Crippen LogP contribution is -2.40. The Kier molecular flexibility index (Phi) is 7.16. The van der Waals surface area contributed by atoms with Crippen molar-refractivity contribution < 1.29 is 19.5 Å². The van der Waals surface area contributed by atoms with Gasteiger partial charge in [-0.2, -0.15) is 5.10 Å². The second kappa shape index (κ2) is 8.86. The molecular formula is C13H17N4O5S-. The molecular weight excluding hydrogens is 324 g/mol. The molecule has 0 unspecified atom stereocenters. The fourth-order valence-electron chi connectivity index (χ4n) is 1.68. The third-order valence-corrected chi connectivity index (χ3v) is 2.86. The summed E-state index contributed by atoms with van der Waals surface area (Å²) in [5.41, 5.74) is 2.31. The maximum absolute atomic E-state index is 11.7. The van der Waals surface area contributed by atoms with Crippen molar-refractivity contribution in [3.05, 3.63) is 27.8 Å². The lowest BCUT2D eigenvalue weighted by Gasteiger charge is -2.14. The average Bonchev–Trinajstić information content (AvgIpc) is 2.48. The Morgan fingerprint density at radius 3 is 2.78 bits per heavy atom. The van der Waals surface area contributed by atoms with Crippen molar-refractivity contribution >= 4 is 29.2 Å². The van der Waals surface area contributed by atoms with Crippen LogP contribution in [-0.2, 0) is 4.74 Å². The number of nitrogens with zero attached hydrogens (tertiary/aromatic N) is 2. The van der Waals surface area contributed by atoms with Crippen LogP contribution in [0.4, 0.5) is 5.69 Å². The zero-order chi connectivity index (χ0) is 17.4. The van der Waals surface area contributed by atoms with Crippen LogP contribution in [0.15, 0.2) is 17.2 Å². The number of methoxy groups -OCH3 is 2. The molecule has 0 saturated heterocycles. The summed E-state index contributed by atoms with van der Waals surface area (Å²) >= 11 is 5.02. The van der Waals surface area contributed by atoms with Gasteiger partial charge in [0.1, 0.15) is 5.75 Å². The first-order valence-electron chi connectivity index (χ1n) is 6.51. The number of hydrogen-bond donors (Lipinski definition) is 2. The molecule has 0 heterocycles. The van der Waals surface area contributed by atoms with Crippen LogP contribution < -0.4 is 20.6 Å². The van der Waals surface area contributed by atoms with Gasteiger partial charge in [0.2, 0.25) is 0 Å². The number of benzene rings is 1. The van der Waals surface area contributed by atoms with Crippen molar-refractivity contribution in [3.8, 4) is 11.5 Å². The number of hydrazone groups is 1. The molecule has 0 radical (unpaired) electrons. The molecule has 0 bridgehead atoms. The first-order chi connectivity index (χ1) is 10.9. The number of hydrogen-bond acceptors (Lipinski definition) is 7. The summed E-state index contributed by atoms with van der Waals surface area (Å²) in [5, 5.41) is 29.6. The number of rotatable bonds is 7. The van der Waals surface area contributed by atoms with Crippen LogP contribution in [0, 0.1) is 10.1 Å². The summed E-state index contributed by atoms with van der Waals surface area (Å²) in [6, 6.07) is 2.46. The quantitative estimate of drug-likeness (QED) is 0.318. The van der Waals surface area contributed by atoms with Gasteiger partial charge in [-0.25, -0.2) is 0 Å². The highest BCUT2D eigenvalue weighted by Crippen LogP contribution is 2.33. The molecule has 0 fully saturated rings. The SMILES string of the molecule is COC[C@@H](C)NC(=S)N/N=C\c1cc(OC)c([O-])c([N+](=O)[O-])c1.